The van der Waals surface area contributed by atoms with E-state index in [-0.39, 0.29) is 17.0 Å². The van der Waals surface area contributed by atoms with Gasteiger partial charge in [-0.25, -0.2) is 9.97 Å². The number of primary amides is 1. The van der Waals surface area contributed by atoms with Crippen molar-refractivity contribution in [2.24, 2.45) is 5.73 Å². The van der Waals surface area contributed by atoms with Gasteiger partial charge in [0.1, 0.15) is 12.1 Å². The average Bonchev–Trinajstić information content (AvgIpc) is 2.92. The molecule has 1 fully saturated rings. The first-order chi connectivity index (χ1) is 18.2. The molecule has 38 heavy (non-hydrogen) atoms. The average molecular weight is 521 g/mol. The molecule has 0 atom stereocenters. The van der Waals surface area contributed by atoms with Gasteiger partial charge in [-0.3, -0.25) is 9.59 Å². The van der Waals surface area contributed by atoms with Crippen molar-refractivity contribution < 1.29 is 27.5 Å². The lowest BCUT2D eigenvalue weighted by atomic mass is 9.98. The van der Waals surface area contributed by atoms with Crippen molar-refractivity contribution in [2.75, 3.05) is 31.6 Å². The Balaban J connectivity index is 1.50. The molecular weight excluding hydrogens is 499 g/mol. The van der Waals surface area contributed by atoms with Crippen molar-refractivity contribution in [2.45, 2.75) is 6.18 Å². The van der Waals surface area contributed by atoms with Gasteiger partial charge >= 0.3 is 6.18 Å². The first-order valence-electron chi connectivity index (χ1n) is 11.7. The van der Waals surface area contributed by atoms with Crippen molar-refractivity contribution in [3.05, 3.63) is 83.7 Å². The Bertz CT molecular complexity index is 1530. The predicted molar refractivity (Wildman–Crippen MR) is 135 cm³/mol. The third kappa shape index (κ3) is 5.28. The van der Waals surface area contributed by atoms with Crippen LogP contribution in [0.2, 0.25) is 0 Å². The number of amides is 2. The van der Waals surface area contributed by atoms with E-state index in [9.17, 15) is 22.8 Å². The quantitative estimate of drug-likeness (QED) is 0.396. The SMILES string of the molecule is NC(=O)c1cc(-c2ccc3ncnc(Nc4cccc(C(=O)N5CCOCC5)c4)c3c2)cc(C(F)(F)F)c1. The van der Waals surface area contributed by atoms with Gasteiger partial charge in [0, 0.05) is 35.3 Å². The van der Waals surface area contributed by atoms with E-state index in [1.54, 1.807) is 47.4 Å². The van der Waals surface area contributed by atoms with Crippen LogP contribution in [0.15, 0.2) is 67.0 Å². The van der Waals surface area contributed by atoms with Crippen LogP contribution in [0, 0.1) is 0 Å². The Kier molecular flexibility index (Phi) is 6.68. The Morgan fingerprint density at radius 3 is 2.45 bits per heavy atom. The molecule has 5 rings (SSSR count). The number of morpholine rings is 1. The maximum absolute atomic E-state index is 13.5. The first kappa shape index (κ1) is 25.2. The number of hydrogen-bond donors (Lipinski definition) is 2. The number of halogens is 3. The van der Waals surface area contributed by atoms with Gasteiger partial charge in [-0.2, -0.15) is 13.2 Å². The van der Waals surface area contributed by atoms with Gasteiger partial charge in [-0.1, -0.05) is 12.1 Å². The number of anilines is 2. The van der Waals surface area contributed by atoms with E-state index < -0.39 is 17.6 Å². The molecule has 1 aromatic heterocycles. The summed E-state index contributed by atoms with van der Waals surface area (Å²) >= 11 is 0. The van der Waals surface area contributed by atoms with Gasteiger partial charge in [0.15, 0.2) is 0 Å². The van der Waals surface area contributed by atoms with Gasteiger partial charge in [-0.05, 0) is 59.7 Å². The van der Waals surface area contributed by atoms with Crippen LogP contribution in [0.25, 0.3) is 22.0 Å². The van der Waals surface area contributed by atoms with Crippen LogP contribution in [-0.2, 0) is 10.9 Å². The van der Waals surface area contributed by atoms with Crippen LogP contribution in [-0.4, -0.2) is 53.0 Å². The number of carbonyl (C=O) groups is 2. The fraction of sp³-hybridized carbons (Fsp3) is 0.185. The number of alkyl halides is 3. The van der Waals surface area contributed by atoms with Gasteiger partial charge in [0.2, 0.25) is 5.91 Å². The lowest BCUT2D eigenvalue weighted by molar-refractivity contribution is -0.137. The molecule has 1 aliphatic rings. The smallest absolute Gasteiger partial charge is 0.378 e. The highest BCUT2D eigenvalue weighted by Crippen LogP contribution is 2.35. The van der Waals surface area contributed by atoms with Crippen molar-refractivity contribution >= 4 is 34.2 Å². The van der Waals surface area contributed by atoms with Gasteiger partial charge < -0.3 is 20.7 Å². The van der Waals surface area contributed by atoms with E-state index in [2.05, 4.69) is 15.3 Å². The summed E-state index contributed by atoms with van der Waals surface area (Å²) in [5, 5.41) is 3.72. The van der Waals surface area contributed by atoms with Crippen molar-refractivity contribution in [1.29, 1.82) is 0 Å². The normalized spacial score (nSPS) is 13.9. The summed E-state index contributed by atoms with van der Waals surface area (Å²) in [6.45, 7) is 2.02. The van der Waals surface area contributed by atoms with E-state index >= 15 is 0 Å². The van der Waals surface area contributed by atoms with E-state index in [0.29, 0.717) is 59.8 Å². The number of hydrogen-bond acceptors (Lipinski definition) is 6. The fourth-order valence-corrected chi connectivity index (χ4v) is 4.25. The van der Waals surface area contributed by atoms with Crippen LogP contribution in [0.5, 0.6) is 0 Å². The number of ether oxygens (including phenoxy) is 1. The van der Waals surface area contributed by atoms with Gasteiger partial charge in [0.05, 0.1) is 24.3 Å². The molecule has 0 spiro atoms. The Labute approximate surface area is 215 Å². The highest BCUT2D eigenvalue weighted by molar-refractivity contribution is 5.98. The van der Waals surface area contributed by atoms with Crippen LogP contribution in [0.1, 0.15) is 26.3 Å². The summed E-state index contributed by atoms with van der Waals surface area (Å²) in [6, 6.07) is 14.9. The second kappa shape index (κ2) is 10.1. The summed E-state index contributed by atoms with van der Waals surface area (Å²) in [6.07, 6.45) is -3.29. The monoisotopic (exact) mass is 521 g/mol. The second-order valence-electron chi connectivity index (χ2n) is 8.73. The Morgan fingerprint density at radius 1 is 0.921 bits per heavy atom. The minimum atomic E-state index is -4.66. The number of nitrogens with two attached hydrogens (primary N) is 1. The van der Waals surface area contributed by atoms with Gasteiger partial charge in [-0.15, -0.1) is 0 Å². The molecule has 4 aromatic rings. The minimum Gasteiger partial charge on any atom is -0.378 e. The van der Waals surface area contributed by atoms with E-state index in [0.717, 1.165) is 12.1 Å². The van der Waals surface area contributed by atoms with E-state index in [1.165, 1.54) is 12.4 Å². The Morgan fingerprint density at radius 2 is 1.71 bits per heavy atom. The summed E-state index contributed by atoms with van der Waals surface area (Å²) in [5.74, 6) is -0.674. The highest BCUT2D eigenvalue weighted by Gasteiger charge is 2.32. The van der Waals surface area contributed by atoms with Crippen LogP contribution < -0.4 is 11.1 Å². The maximum Gasteiger partial charge on any atom is 0.416 e. The Hall–Kier alpha value is -4.51. The summed E-state index contributed by atoms with van der Waals surface area (Å²) in [4.78, 5) is 34.9. The van der Waals surface area contributed by atoms with Crippen molar-refractivity contribution in [3.8, 4) is 11.1 Å². The number of rotatable bonds is 5. The number of nitrogens with zero attached hydrogens (tertiary/aromatic N) is 3. The first-order valence-corrected chi connectivity index (χ1v) is 11.7. The van der Waals surface area contributed by atoms with Crippen molar-refractivity contribution in [1.82, 2.24) is 14.9 Å². The van der Waals surface area contributed by atoms with Crippen LogP contribution >= 0.6 is 0 Å². The number of carbonyl (C=O) groups excluding carboxylic acids is 2. The minimum absolute atomic E-state index is 0.110. The molecule has 8 nitrogen and oxygen atoms in total. The van der Waals surface area contributed by atoms with Gasteiger partial charge in [0.25, 0.3) is 5.91 Å². The third-order valence-corrected chi connectivity index (χ3v) is 6.18. The van der Waals surface area contributed by atoms with Crippen LogP contribution in [0.3, 0.4) is 0 Å². The molecule has 2 amide bonds. The zero-order valence-corrected chi connectivity index (χ0v) is 20.0. The molecule has 1 saturated heterocycles. The summed E-state index contributed by atoms with van der Waals surface area (Å²) < 4.78 is 45.8. The summed E-state index contributed by atoms with van der Waals surface area (Å²) in [5.41, 5.74) is 6.29. The molecule has 194 valence electrons. The second-order valence-corrected chi connectivity index (χ2v) is 8.73. The molecular formula is C27H22F3N5O3. The number of aromatic nitrogens is 2. The van der Waals surface area contributed by atoms with E-state index in [4.69, 9.17) is 10.5 Å². The lowest BCUT2D eigenvalue weighted by Crippen LogP contribution is -2.40. The topological polar surface area (TPSA) is 110 Å². The molecule has 0 saturated carbocycles. The molecule has 2 heterocycles. The van der Waals surface area contributed by atoms with Crippen molar-refractivity contribution in [3.63, 3.8) is 0 Å². The number of nitrogens with one attached hydrogen (secondary N) is 1. The zero-order chi connectivity index (χ0) is 26.9. The molecule has 0 bridgehead atoms. The molecule has 11 heteroatoms. The maximum atomic E-state index is 13.5. The molecule has 0 radical (unpaired) electrons. The van der Waals surface area contributed by atoms with E-state index in [1.807, 2.05) is 0 Å². The number of benzene rings is 3. The third-order valence-electron chi connectivity index (χ3n) is 6.18. The number of fused-ring (bicyclic) bond motifs is 1. The molecule has 0 aliphatic carbocycles. The standard InChI is InChI=1S/C27H22F3N5O3/c28-27(29,30)20-11-18(10-19(12-20)24(31)36)16-4-5-23-22(14-16)25(33-15-32-23)34-21-3-1-2-17(13-21)26(37)35-6-8-38-9-7-35/h1-5,10-15H,6-9H2,(H2,31,36)(H,32,33,34). The molecule has 1 aliphatic heterocycles. The predicted octanol–water partition coefficient (Wildman–Crippen LogP) is 4.63. The zero-order valence-electron chi connectivity index (χ0n) is 20.0. The summed E-state index contributed by atoms with van der Waals surface area (Å²) in [7, 11) is 0. The van der Waals surface area contributed by atoms with Crippen LogP contribution in [0.4, 0.5) is 24.7 Å². The fourth-order valence-electron chi connectivity index (χ4n) is 4.25. The largest absolute Gasteiger partial charge is 0.416 e. The lowest BCUT2D eigenvalue weighted by Gasteiger charge is -2.27. The highest BCUT2D eigenvalue weighted by atomic mass is 19.4. The molecule has 3 aromatic carbocycles. The molecule has 0 unspecified atom stereocenters. The molecule has 3 N–H and O–H groups in total.